The maximum Gasteiger partial charge on any atom is 0.339 e. The van der Waals surface area contributed by atoms with Crippen LogP contribution in [0.1, 0.15) is 41.7 Å². The normalized spacial score (nSPS) is 16.8. The van der Waals surface area contributed by atoms with Crippen molar-refractivity contribution in [1.82, 2.24) is 9.88 Å². The molecule has 0 aliphatic heterocycles. The number of hydrogen-bond acceptors (Lipinski definition) is 5. The molecule has 1 heterocycles. The monoisotopic (exact) mass is 305 g/mol. The van der Waals surface area contributed by atoms with Gasteiger partial charge in [0.25, 0.3) is 0 Å². The maximum atomic E-state index is 11.6. The fourth-order valence-electron chi connectivity index (χ4n) is 3.45. The SMILES string of the molecule is COC(=O)c1ccc(NCC2(CN(C)C)CCCC2)nc1C. The highest BCUT2D eigenvalue weighted by atomic mass is 16.5. The largest absolute Gasteiger partial charge is 0.465 e. The van der Waals surface area contributed by atoms with Gasteiger partial charge >= 0.3 is 5.97 Å². The van der Waals surface area contributed by atoms with Gasteiger partial charge in [0.05, 0.1) is 18.4 Å². The molecule has 1 aliphatic rings. The van der Waals surface area contributed by atoms with Crippen molar-refractivity contribution in [3.8, 4) is 0 Å². The summed E-state index contributed by atoms with van der Waals surface area (Å²) in [5.41, 5.74) is 1.56. The van der Waals surface area contributed by atoms with Crippen molar-refractivity contribution in [2.24, 2.45) is 5.41 Å². The Morgan fingerprint density at radius 3 is 2.59 bits per heavy atom. The van der Waals surface area contributed by atoms with E-state index in [4.69, 9.17) is 4.74 Å². The van der Waals surface area contributed by atoms with Crippen LogP contribution >= 0.6 is 0 Å². The molecular formula is C17H27N3O2. The van der Waals surface area contributed by atoms with Gasteiger partial charge in [0.2, 0.25) is 0 Å². The lowest BCUT2D eigenvalue weighted by Crippen LogP contribution is -2.37. The van der Waals surface area contributed by atoms with Gasteiger partial charge in [-0.25, -0.2) is 9.78 Å². The van der Waals surface area contributed by atoms with Crippen LogP contribution in [-0.4, -0.2) is 50.1 Å². The summed E-state index contributed by atoms with van der Waals surface area (Å²) in [5, 5.41) is 3.47. The van der Waals surface area contributed by atoms with Crippen LogP contribution in [0, 0.1) is 12.3 Å². The zero-order chi connectivity index (χ0) is 16.2. The average molecular weight is 305 g/mol. The summed E-state index contributed by atoms with van der Waals surface area (Å²) in [6.45, 7) is 3.86. The number of esters is 1. The molecule has 1 fully saturated rings. The van der Waals surface area contributed by atoms with Gasteiger partial charge in [-0.2, -0.15) is 0 Å². The van der Waals surface area contributed by atoms with E-state index in [0.29, 0.717) is 16.7 Å². The van der Waals surface area contributed by atoms with E-state index in [-0.39, 0.29) is 5.97 Å². The third-order valence-corrected chi connectivity index (χ3v) is 4.45. The average Bonchev–Trinajstić information content (AvgIpc) is 2.92. The zero-order valence-corrected chi connectivity index (χ0v) is 14.1. The van der Waals surface area contributed by atoms with Crippen LogP contribution in [0.25, 0.3) is 0 Å². The molecule has 22 heavy (non-hydrogen) atoms. The predicted molar refractivity (Wildman–Crippen MR) is 88.3 cm³/mol. The molecule has 1 saturated carbocycles. The number of anilines is 1. The van der Waals surface area contributed by atoms with Gasteiger partial charge in [0.15, 0.2) is 0 Å². The number of ether oxygens (including phenoxy) is 1. The standard InChI is InChI=1S/C17H27N3O2/c1-13-14(16(21)22-4)7-8-15(19-13)18-11-17(12-20(2)3)9-5-6-10-17/h7-8H,5-6,9-12H2,1-4H3,(H,18,19). The summed E-state index contributed by atoms with van der Waals surface area (Å²) in [4.78, 5) is 18.4. The molecule has 0 atom stereocenters. The van der Waals surface area contributed by atoms with E-state index in [0.717, 1.165) is 18.9 Å². The number of nitrogens with one attached hydrogen (secondary N) is 1. The summed E-state index contributed by atoms with van der Waals surface area (Å²) in [6, 6.07) is 3.64. The Morgan fingerprint density at radius 1 is 1.36 bits per heavy atom. The number of hydrogen-bond donors (Lipinski definition) is 1. The second kappa shape index (κ2) is 7.09. The smallest absolute Gasteiger partial charge is 0.339 e. The molecule has 0 radical (unpaired) electrons. The topological polar surface area (TPSA) is 54.5 Å². The Hall–Kier alpha value is -1.62. The highest BCUT2D eigenvalue weighted by Crippen LogP contribution is 2.38. The third kappa shape index (κ3) is 3.97. The van der Waals surface area contributed by atoms with Crippen molar-refractivity contribution in [1.29, 1.82) is 0 Å². The number of aryl methyl sites for hydroxylation is 1. The minimum absolute atomic E-state index is 0.333. The molecule has 122 valence electrons. The molecule has 1 aromatic rings. The summed E-state index contributed by atoms with van der Waals surface area (Å²) in [7, 11) is 5.65. The fourth-order valence-corrected chi connectivity index (χ4v) is 3.45. The molecule has 0 aromatic carbocycles. The first-order valence-corrected chi connectivity index (χ1v) is 7.90. The van der Waals surface area contributed by atoms with E-state index in [2.05, 4.69) is 29.3 Å². The van der Waals surface area contributed by atoms with Crippen LogP contribution in [-0.2, 0) is 4.74 Å². The Balaban J connectivity index is 2.04. The molecule has 1 aromatic heterocycles. The van der Waals surface area contributed by atoms with Gasteiger partial charge in [-0.3, -0.25) is 0 Å². The molecule has 0 bridgehead atoms. The Labute approximate surface area is 133 Å². The molecule has 0 unspecified atom stereocenters. The number of carbonyl (C=O) groups is 1. The van der Waals surface area contributed by atoms with E-state index >= 15 is 0 Å². The zero-order valence-electron chi connectivity index (χ0n) is 14.1. The van der Waals surface area contributed by atoms with Crippen molar-refractivity contribution >= 4 is 11.8 Å². The molecule has 1 N–H and O–H groups in total. The first-order chi connectivity index (χ1) is 10.5. The number of carbonyl (C=O) groups excluding carboxylic acids is 1. The van der Waals surface area contributed by atoms with Crippen LogP contribution in [0.4, 0.5) is 5.82 Å². The van der Waals surface area contributed by atoms with Gasteiger partial charge in [0, 0.05) is 18.5 Å². The molecule has 5 nitrogen and oxygen atoms in total. The molecular weight excluding hydrogens is 278 g/mol. The lowest BCUT2D eigenvalue weighted by atomic mass is 9.85. The number of pyridine rings is 1. The third-order valence-electron chi connectivity index (χ3n) is 4.45. The van der Waals surface area contributed by atoms with E-state index in [9.17, 15) is 4.79 Å². The van der Waals surface area contributed by atoms with Crippen LogP contribution < -0.4 is 5.32 Å². The van der Waals surface area contributed by atoms with E-state index in [1.165, 1.54) is 32.8 Å². The van der Waals surface area contributed by atoms with E-state index < -0.39 is 0 Å². The van der Waals surface area contributed by atoms with Gasteiger partial charge < -0.3 is 15.0 Å². The lowest BCUT2D eigenvalue weighted by Gasteiger charge is -2.32. The van der Waals surface area contributed by atoms with Crippen molar-refractivity contribution in [3.05, 3.63) is 23.4 Å². The van der Waals surface area contributed by atoms with Crippen LogP contribution in [0.15, 0.2) is 12.1 Å². The Morgan fingerprint density at radius 2 is 2.05 bits per heavy atom. The van der Waals surface area contributed by atoms with Crippen molar-refractivity contribution in [3.63, 3.8) is 0 Å². The summed E-state index contributed by atoms with van der Waals surface area (Å²) < 4.78 is 4.75. The van der Waals surface area contributed by atoms with Gasteiger partial charge in [0.1, 0.15) is 5.82 Å². The van der Waals surface area contributed by atoms with Crippen LogP contribution in [0.5, 0.6) is 0 Å². The molecule has 5 heteroatoms. The number of methoxy groups -OCH3 is 1. The van der Waals surface area contributed by atoms with Gasteiger partial charge in [-0.05, 0) is 46.0 Å². The molecule has 0 spiro atoms. The van der Waals surface area contributed by atoms with Crippen LogP contribution in [0.3, 0.4) is 0 Å². The first-order valence-electron chi connectivity index (χ1n) is 7.90. The summed E-state index contributed by atoms with van der Waals surface area (Å²) in [5.74, 6) is 0.492. The van der Waals surface area contributed by atoms with Gasteiger partial charge in [-0.15, -0.1) is 0 Å². The number of aromatic nitrogens is 1. The highest BCUT2D eigenvalue weighted by molar-refractivity contribution is 5.90. The quantitative estimate of drug-likeness (QED) is 0.819. The summed E-state index contributed by atoms with van der Waals surface area (Å²) in [6.07, 6.45) is 5.14. The van der Waals surface area contributed by atoms with E-state index in [1.807, 2.05) is 13.0 Å². The Kier molecular flexibility index (Phi) is 5.40. The highest BCUT2D eigenvalue weighted by Gasteiger charge is 2.34. The first kappa shape index (κ1) is 16.7. The van der Waals surface area contributed by atoms with Gasteiger partial charge in [-0.1, -0.05) is 12.8 Å². The molecule has 0 saturated heterocycles. The molecule has 1 aliphatic carbocycles. The van der Waals surface area contributed by atoms with Crippen molar-refractivity contribution in [2.75, 3.05) is 39.6 Å². The van der Waals surface area contributed by atoms with Crippen molar-refractivity contribution < 1.29 is 9.53 Å². The van der Waals surface area contributed by atoms with E-state index in [1.54, 1.807) is 6.07 Å². The Bertz CT molecular complexity index is 523. The molecule has 0 amide bonds. The minimum atomic E-state index is -0.337. The lowest BCUT2D eigenvalue weighted by molar-refractivity contribution is 0.0599. The summed E-state index contributed by atoms with van der Waals surface area (Å²) >= 11 is 0. The van der Waals surface area contributed by atoms with Crippen molar-refractivity contribution in [2.45, 2.75) is 32.6 Å². The molecule has 2 rings (SSSR count). The predicted octanol–water partition coefficient (Wildman–Crippen LogP) is 2.71. The second-order valence-electron chi connectivity index (χ2n) is 6.62. The maximum absolute atomic E-state index is 11.6. The second-order valence-corrected chi connectivity index (χ2v) is 6.62. The number of rotatable bonds is 6. The number of nitrogens with zero attached hydrogens (tertiary/aromatic N) is 2. The minimum Gasteiger partial charge on any atom is -0.465 e. The fraction of sp³-hybridized carbons (Fsp3) is 0.647. The van der Waals surface area contributed by atoms with Crippen LogP contribution in [0.2, 0.25) is 0 Å².